The van der Waals surface area contributed by atoms with Crippen LogP contribution in [0.5, 0.6) is 0 Å². The predicted octanol–water partition coefficient (Wildman–Crippen LogP) is 4.57. The minimum absolute atomic E-state index is 0.153. The van der Waals surface area contributed by atoms with E-state index in [-0.39, 0.29) is 12.3 Å². The second-order valence-electron chi connectivity index (χ2n) is 3.71. The van der Waals surface area contributed by atoms with Crippen LogP contribution in [0.25, 0.3) is 11.1 Å². The van der Waals surface area contributed by atoms with Crippen LogP contribution in [-0.4, -0.2) is 5.91 Å². The number of carbonyl (C=O) groups excluding carboxylic acids is 1. The zero-order chi connectivity index (χ0) is 13.8. The molecule has 0 saturated carbocycles. The largest absolute Gasteiger partial charge is 0.317 e. The molecule has 0 aliphatic heterocycles. The van der Waals surface area contributed by atoms with E-state index in [1.54, 1.807) is 18.2 Å². The number of anilines is 1. The summed E-state index contributed by atoms with van der Waals surface area (Å²) in [4.78, 5) is 11.3. The lowest BCUT2D eigenvalue weighted by atomic mass is 10.1. The molecule has 2 rings (SSSR count). The Morgan fingerprint density at radius 3 is 2.74 bits per heavy atom. The van der Waals surface area contributed by atoms with Crippen LogP contribution in [0.3, 0.4) is 0 Å². The number of nitriles is 1. The van der Waals surface area contributed by atoms with Gasteiger partial charge in [0.25, 0.3) is 0 Å². The Morgan fingerprint density at radius 2 is 2.05 bits per heavy atom. The molecule has 0 radical (unpaired) electrons. The Hall–Kier alpha value is -1.54. The molecule has 19 heavy (non-hydrogen) atoms. The third-order valence-corrected chi connectivity index (χ3v) is 3.94. The van der Waals surface area contributed by atoms with Crippen molar-refractivity contribution in [2.45, 2.75) is 6.42 Å². The van der Waals surface area contributed by atoms with Crippen LogP contribution in [-0.2, 0) is 4.79 Å². The number of carbonyl (C=O) groups is 1. The minimum Gasteiger partial charge on any atom is -0.317 e. The molecule has 0 spiro atoms. The van der Waals surface area contributed by atoms with E-state index in [1.807, 2.05) is 17.5 Å². The van der Waals surface area contributed by atoms with Crippen LogP contribution in [0.4, 0.5) is 5.00 Å². The summed E-state index contributed by atoms with van der Waals surface area (Å²) in [5, 5.41) is 14.7. The fraction of sp³-hybridized carbons (Fsp3) is 0.0769. The molecular weight excluding hydrogens is 303 g/mol. The summed E-state index contributed by atoms with van der Waals surface area (Å²) in [5.41, 5.74) is 1.86. The zero-order valence-electron chi connectivity index (χ0n) is 9.61. The maximum atomic E-state index is 11.3. The highest BCUT2D eigenvalue weighted by atomic mass is 35.5. The molecule has 3 nitrogen and oxygen atoms in total. The highest BCUT2D eigenvalue weighted by molar-refractivity contribution is 7.14. The maximum Gasteiger partial charge on any atom is 0.239 e. The molecule has 1 amide bonds. The van der Waals surface area contributed by atoms with Gasteiger partial charge in [0.2, 0.25) is 5.91 Å². The molecule has 6 heteroatoms. The summed E-state index contributed by atoms with van der Waals surface area (Å²) >= 11 is 13.2. The molecule has 1 aromatic heterocycles. The van der Waals surface area contributed by atoms with Crippen molar-refractivity contribution in [3.05, 3.63) is 39.7 Å². The highest BCUT2D eigenvalue weighted by Crippen LogP contribution is 2.32. The van der Waals surface area contributed by atoms with Gasteiger partial charge in [0.1, 0.15) is 6.42 Å². The van der Waals surface area contributed by atoms with Crippen molar-refractivity contribution in [2.24, 2.45) is 0 Å². The fourth-order valence-corrected chi connectivity index (χ4v) is 2.61. The van der Waals surface area contributed by atoms with Crippen LogP contribution in [0.2, 0.25) is 10.0 Å². The number of benzene rings is 1. The second-order valence-corrected chi connectivity index (χ2v) is 5.44. The number of hydrogen-bond acceptors (Lipinski definition) is 3. The lowest BCUT2D eigenvalue weighted by Crippen LogP contribution is -2.08. The quantitative estimate of drug-likeness (QED) is 0.902. The number of nitrogens with zero attached hydrogens (tertiary/aromatic N) is 1. The van der Waals surface area contributed by atoms with Crippen LogP contribution >= 0.6 is 34.5 Å². The van der Waals surface area contributed by atoms with Gasteiger partial charge in [-0.1, -0.05) is 29.3 Å². The van der Waals surface area contributed by atoms with Crippen molar-refractivity contribution in [1.29, 1.82) is 5.26 Å². The van der Waals surface area contributed by atoms with Gasteiger partial charge in [-0.25, -0.2) is 0 Å². The van der Waals surface area contributed by atoms with Gasteiger partial charge < -0.3 is 5.32 Å². The summed E-state index contributed by atoms with van der Waals surface area (Å²) in [6.07, 6.45) is -0.153. The molecule has 0 atom stereocenters. The molecular formula is C13H8Cl2N2OS. The number of hydrogen-bond donors (Lipinski definition) is 1. The first-order chi connectivity index (χ1) is 9.10. The topological polar surface area (TPSA) is 52.9 Å². The summed E-state index contributed by atoms with van der Waals surface area (Å²) in [7, 11) is 0. The van der Waals surface area contributed by atoms with Gasteiger partial charge in [-0.15, -0.1) is 11.3 Å². The van der Waals surface area contributed by atoms with Crippen LogP contribution in [0, 0.1) is 11.3 Å². The fourth-order valence-electron chi connectivity index (χ4n) is 1.48. The molecule has 0 saturated heterocycles. The summed E-state index contributed by atoms with van der Waals surface area (Å²) in [6.45, 7) is 0. The summed E-state index contributed by atoms with van der Waals surface area (Å²) < 4.78 is 0. The van der Waals surface area contributed by atoms with Crippen molar-refractivity contribution in [1.82, 2.24) is 0 Å². The number of amides is 1. The van der Waals surface area contributed by atoms with E-state index in [4.69, 9.17) is 28.5 Å². The first-order valence-corrected chi connectivity index (χ1v) is 6.94. The monoisotopic (exact) mass is 310 g/mol. The van der Waals surface area contributed by atoms with E-state index in [0.29, 0.717) is 15.0 Å². The van der Waals surface area contributed by atoms with E-state index < -0.39 is 0 Å². The number of halogens is 2. The van der Waals surface area contributed by atoms with Gasteiger partial charge in [0.15, 0.2) is 0 Å². The van der Waals surface area contributed by atoms with Crippen molar-refractivity contribution >= 4 is 45.4 Å². The van der Waals surface area contributed by atoms with Crippen molar-refractivity contribution < 1.29 is 4.79 Å². The lowest BCUT2D eigenvalue weighted by Gasteiger charge is -2.00. The number of rotatable bonds is 3. The molecule has 1 N–H and O–H groups in total. The van der Waals surface area contributed by atoms with Gasteiger partial charge in [0.05, 0.1) is 21.1 Å². The molecule has 1 heterocycles. The molecule has 1 aromatic carbocycles. The van der Waals surface area contributed by atoms with E-state index in [9.17, 15) is 4.79 Å². The standard InChI is InChI=1S/C13H8Cl2N2OS/c14-10-2-1-8(5-11(10)15)9-6-13(19-7-9)17-12(18)3-4-16/h1-2,5-7H,3H2,(H,17,18). The average Bonchev–Trinajstić information content (AvgIpc) is 2.81. The molecule has 0 fully saturated rings. The normalized spacial score (nSPS) is 9.95. The van der Waals surface area contributed by atoms with Crippen LogP contribution in [0.15, 0.2) is 29.6 Å². The Balaban J connectivity index is 2.19. The highest BCUT2D eigenvalue weighted by Gasteiger charge is 2.07. The Morgan fingerprint density at radius 1 is 1.26 bits per heavy atom. The second kappa shape index (κ2) is 6.07. The average molecular weight is 311 g/mol. The van der Waals surface area contributed by atoms with Crippen molar-refractivity contribution in [2.75, 3.05) is 5.32 Å². The van der Waals surface area contributed by atoms with Crippen molar-refractivity contribution in [3.8, 4) is 17.2 Å². The van der Waals surface area contributed by atoms with E-state index in [2.05, 4.69) is 5.32 Å². The SMILES string of the molecule is N#CCC(=O)Nc1cc(-c2ccc(Cl)c(Cl)c2)cs1. The van der Waals surface area contributed by atoms with Crippen molar-refractivity contribution in [3.63, 3.8) is 0 Å². The first kappa shape index (κ1) is 13.9. The Labute approximate surface area is 124 Å². The Bertz CT molecular complexity index is 661. The molecule has 0 aliphatic carbocycles. The van der Waals surface area contributed by atoms with Gasteiger partial charge >= 0.3 is 0 Å². The van der Waals surface area contributed by atoms with E-state index in [1.165, 1.54) is 11.3 Å². The predicted molar refractivity (Wildman–Crippen MR) is 78.6 cm³/mol. The zero-order valence-corrected chi connectivity index (χ0v) is 11.9. The molecule has 2 aromatic rings. The third kappa shape index (κ3) is 3.48. The van der Waals surface area contributed by atoms with Gasteiger partial charge in [0, 0.05) is 5.38 Å². The van der Waals surface area contributed by atoms with E-state index in [0.717, 1.165) is 11.1 Å². The summed E-state index contributed by atoms with van der Waals surface area (Å²) in [6, 6.07) is 8.99. The first-order valence-electron chi connectivity index (χ1n) is 5.31. The molecule has 0 aliphatic rings. The van der Waals surface area contributed by atoms with Crippen LogP contribution in [0.1, 0.15) is 6.42 Å². The van der Waals surface area contributed by atoms with Gasteiger partial charge in [-0.2, -0.15) is 5.26 Å². The van der Waals surface area contributed by atoms with Gasteiger partial charge in [-0.3, -0.25) is 4.79 Å². The van der Waals surface area contributed by atoms with Crippen LogP contribution < -0.4 is 5.32 Å². The number of nitrogens with one attached hydrogen (secondary N) is 1. The summed E-state index contributed by atoms with van der Waals surface area (Å²) in [5.74, 6) is -0.315. The maximum absolute atomic E-state index is 11.3. The van der Waals surface area contributed by atoms with E-state index >= 15 is 0 Å². The third-order valence-electron chi connectivity index (χ3n) is 2.35. The molecule has 0 bridgehead atoms. The lowest BCUT2D eigenvalue weighted by molar-refractivity contribution is -0.115. The Kier molecular flexibility index (Phi) is 4.43. The van der Waals surface area contributed by atoms with Gasteiger partial charge in [-0.05, 0) is 29.3 Å². The minimum atomic E-state index is -0.315. The molecule has 0 unspecified atom stereocenters. The smallest absolute Gasteiger partial charge is 0.239 e. The molecule has 96 valence electrons. The number of thiophene rings is 1.